The van der Waals surface area contributed by atoms with Crippen LogP contribution in [-0.2, 0) is 4.74 Å². The number of morpholine rings is 1. The molecular weight excluding hydrogens is 238 g/mol. The third kappa shape index (κ3) is 4.71. The molecule has 0 amide bonds. The smallest absolute Gasteiger partial charge is 0.0829 e. The van der Waals surface area contributed by atoms with Gasteiger partial charge in [-0.05, 0) is 32.0 Å². The van der Waals surface area contributed by atoms with Crippen LogP contribution >= 0.6 is 0 Å². The standard InChI is InChI=1S/C15H31N3O/c1-4-17-8-9-19-14(10-17)11-18-7-5-6-16-15(12-18)13(2)3/h13-16H,4-12H2,1-3H3. The van der Waals surface area contributed by atoms with Crippen LogP contribution in [0.4, 0.5) is 0 Å². The number of hydrogen-bond acceptors (Lipinski definition) is 4. The summed E-state index contributed by atoms with van der Waals surface area (Å²) in [7, 11) is 0. The topological polar surface area (TPSA) is 27.7 Å². The minimum absolute atomic E-state index is 0.402. The lowest BCUT2D eigenvalue weighted by molar-refractivity contribution is -0.0422. The van der Waals surface area contributed by atoms with E-state index < -0.39 is 0 Å². The zero-order chi connectivity index (χ0) is 13.7. The van der Waals surface area contributed by atoms with Crippen LogP contribution in [0.2, 0.25) is 0 Å². The number of hydrogen-bond donors (Lipinski definition) is 1. The van der Waals surface area contributed by atoms with E-state index in [1.54, 1.807) is 0 Å². The molecule has 2 atom stereocenters. The van der Waals surface area contributed by atoms with Gasteiger partial charge < -0.3 is 10.1 Å². The number of nitrogens with zero attached hydrogens (tertiary/aromatic N) is 2. The van der Waals surface area contributed by atoms with E-state index >= 15 is 0 Å². The lowest BCUT2D eigenvalue weighted by Crippen LogP contribution is -2.49. The molecule has 0 saturated carbocycles. The second kappa shape index (κ2) is 7.58. The molecule has 4 nitrogen and oxygen atoms in total. The Morgan fingerprint density at radius 3 is 2.79 bits per heavy atom. The number of ether oxygens (including phenoxy) is 1. The van der Waals surface area contributed by atoms with Crippen LogP contribution in [0, 0.1) is 5.92 Å². The summed E-state index contributed by atoms with van der Waals surface area (Å²) < 4.78 is 5.95. The van der Waals surface area contributed by atoms with Gasteiger partial charge in [0.25, 0.3) is 0 Å². The predicted molar refractivity (Wildman–Crippen MR) is 79.5 cm³/mol. The zero-order valence-corrected chi connectivity index (χ0v) is 12.9. The normalized spacial score (nSPS) is 31.6. The molecular formula is C15H31N3O. The first-order chi connectivity index (χ1) is 9.19. The highest BCUT2D eigenvalue weighted by molar-refractivity contribution is 4.82. The third-order valence-electron chi connectivity index (χ3n) is 4.45. The summed E-state index contributed by atoms with van der Waals surface area (Å²) in [5.41, 5.74) is 0. The fraction of sp³-hybridized carbons (Fsp3) is 1.00. The van der Waals surface area contributed by atoms with E-state index in [2.05, 4.69) is 35.9 Å². The molecule has 2 saturated heterocycles. The van der Waals surface area contributed by atoms with Gasteiger partial charge in [-0.1, -0.05) is 20.8 Å². The SMILES string of the molecule is CCN1CCOC(CN2CCCNC(C(C)C)C2)C1. The Balaban J connectivity index is 1.82. The van der Waals surface area contributed by atoms with Crippen molar-refractivity contribution in [2.24, 2.45) is 5.92 Å². The fourth-order valence-electron chi connectivity index (χ4n) is 3.10. The molecule has 0 aromatic heterocycles. The molecule has 2 aliphatic rings. The summed E-state index contributed by atoms with van der Waals surface area (Å²) >= 11 is 0. The maximum Gasteiger partial charge on any atom is 0.0829 e. The molecule has 0 spiro atoms. The lowest BCUT2D eigenvalue weighted by atomic mass is 10.0. The molecule has 112 valence electrons. The van der Waals surface area contributed by atoms with Crippen LogP contribution in [0.3, 0.4) is 0 Å². The van der Waals surface area contributed by atoms with Gasteiger partial charge in [0, 0.05) is 32.2 Å². The van der Waals surface area contributed by atoms with E-state index in [-0.39, 0.29) is 0 Å². The summed E-state index contributed by atoms with van der Waals surface area (Å²) in [6.07, 6.45) is 1.66. The van der Waals surface area contributed by atoms with E-state index in [9.17, 15) is 0 Å². The molecule has 0 aromatic rings. The fourth-order valence-corrected chi connectivity index (χ4v) is 3.10. The Bertz CT molecular complexity index is 260. The maximum absolute atomic E-state index is 5.95. The highest BCUT2D eigenvalue weighted by Crippen LogP contribution is 2.12. The first-order valence-corrected chi connectivity index (χ1v) is 7.98. The van der Waals surface area contributed by atoms with Gasteiger partial charge >= 0.3 is 0 Å². The average molecular weight is 269 g/mol. The van der Waals surface area contributed by atoms with E-state index in [1.807, 2.05) is 0 Å². The Kier molecular flexibility index (Phi) is 6.07. The first-order valence-electron chi connectivity index (χ1n) is 7.98. The van der Waals surface area contributed by atoms with Gasteiger partial charge in [-0.2, -0.15) is 0 Å². The van der Waals surface area contributed by atoms with Crippen molar-refractivity contribution in [2.75, 3.05) is 52.4 Å². The van der Waals surface area contributed by atoms with E-state index in [4.69, 9.17) is 4.74 Å². The van der Waals surface area contributed by atoms with Crippen LogP contribution in [0.15, 0.2) is 0 Å². The second-order valence-electron chi connectivity index (χ2n) is 6.30. The van der Waals surface area contributed by atoms with Crippen molar-refractivity contribution in [3.63, 3.8) is 0 Å². The van der Waals surface area contributed by atoms with Gasteiger partial charge in [0.15, 0.2) is 0 Å². The van der Waals surface area contributed by atoms with Gasteiger partial charge in [0.1, 0.15) is 0 Å². The van der Waals surface area contributed by atoms with Crippen molar-refractivity contribution < 1.29 is 4.74 Å². The quantitative estimate of drug-likeness (QED) is 0.825. The van der Waals surface area contributed by atoms with Crippen LogP contribution < -0.4 is 5.32 Å². The second-order valence-corrected chi connectivity index (χ2v) is 6.30. The highest BCUT2D eigenvalue weighted by atomic mass is 16.5. The molecule has 4 heteroatoms. The molecule has 2 aliphatic heterocycles. The van der Waals surface area contributed by atoms with Crippen molar-refractivity contribution in [3.05, 3.63) is 0 Å². The molecule has 2 fully saturated rings. The number of rotatable bonds is 4. The zero-order valence-electron chi connectivity index (χ0n) is 12.9. The van der Waals surface area contributed by atoms with Crippen molar-refractivity contribution in [1.29, 1.82) is 0 Å². The lowest BCUT2D eigenvalue weighted by Gasteiger charge is -2.36. The van der Waals surface area contributed by atoms with Gasteiger partial charge in [-0.25, -0.2) is 0 Å². The predicted octanol–water partition coefficient (Wildman–Crippen LogP) is 1.03. The minimum Gasteiger partial charge on any atom is -0.374 e. The minimum atomic E-state index is 0.402. The molecule has 0 radical (unpaired) electrons. The summed E-state index contributed by atoms with van der Waals surface area (Å²) in [6, 6.07) is 0.633. The van der Waals surface area contributed by atoms with Crippen molar-refractivity contribution >= 4 is 0 Å². The van der Waals surface area contributed by atoms with Gasteiger partial charge in [0.2, 0.25) is 0 Å². The van der Waals surface area contributed by atoms with Crippen LogP contribution in [0.1, 0.15) is 27.2 Å². The summed E-state index contributed by atoms with van der Waals surface area (Å²) in [5.74, 6) is 0.708. The van der Waals surface area contributed by atoms with Crippen molar-refractivity contribution in [3.8, 4) is 0 Å². The summed E-state index contributed by atoms with van der Waals surface area (Å²) in [4.78, 5) is 5.11. The van der Waals surface area contributed by atoms with Crippen LogP contribution in [-0.4, -0.2) is 74.4 Å². The third-order valence-corrected chi connectivity index (χ3v) is 4.45. The van der Waals surface area contributed by atoms with Gasteiger partial charge in [-0.15, -0.1) is 0 Å². The monoisotopic (exact) mass is 269 g/mol. The molecule has 2 unspecified atom stereocenters. The highest BCUT2D eigenvalue weighted by Gasteiger charge is 2.25. The molecule has 2 heterocycles. The Hall–Kier alpha value is -0.160. The summed E-state index contributed by atoms with van der Waals surface area (Å²) in [6.45, 7) is 15.8. The number of nitrogens with one attached hydrogen (secondary N) is 1. The van der Waals surface area contributed by atoms with Crippen LogP contribution in [0.5, 0.6) is 0 Å². The first kappa shape index (κ1) is 15.2. The van der Waals surface area contributed by atoms with Crippen LogP contribution in [0.25, 0.3) is 0 Å². The molecule has 0 aromatic carbocycles. The molecule has 2 rings (SSSR count). The van der Waals surface area contributed by atoms with E-state index in [1.165, 1.54) is 19.5 Å². The van der Waals surface area contributed by atoms with E-state index in [0.717, 1.165) is 39.3 Å². The molecule has 19 heavy (non-hydrogen) atoms. The van der Waals surface area contributed by atoms with Crippen molar-refractivity contribution in [1.82, 2.24) is 15.1 Å². The average Bonchev–Trinajstić information content (AvgIpc) is 2.64. The molecule has 0 bridgehead atoms. The summed E-state index contributed by atoms with van der Waals surface area (Å²) in [5, 5.41) is 3.68. The molecule has 1 N–H and O–H groups in total. The van der Waals surface area contributed by atoms with Crippen molar-refractivity contribution in [2.45, 2.75) is 39.3 Å². The van der Waals surface area contributed by atoms with E-state index in [0.29, 0.717) is 18.1 Å². The number of likely N-dealkylation sites (N-methyl/N-ethyl adjacent to an activating group) is 1. The largest absolute Gasteiger partial charge is 0.374 e. The maximum atomic E-state index is 5.95. The van der Waals surface area contributed by atoms with Gasteiger partial charge in [0.05, 0.1) is 12.7 Å². The van der Waals surface area contributed by atoms with Gasteiger partial charge in [-0.3, -0.25) is 9.80 Å². The Labute approximate surface area is 118 Å². The Morgan fingerprint density at radius 2 is 2.05 bits per heavy atom. The Morgan fingerprint density at radius 1 is 1.21 bits per heavy atom. The molecule has 0 aliphatic carbocycles.